The molecular weight excluding hydrogens is 264 g/mol. The highest BCUT2D eigenvalue weighted by Gasteiger charge is 2.48. The first-order valence-corrected chi connectivity index (χ1v) is 9.03. The topological polar surface area (TPSA) is 15.3 Å². The molecule has 2 unspecified atom stereocenters. The standard InChI is InChI=1S/C17H28N2S/c1-13(2)16-10-19(8-6-14-7-9-20-11-14)17(3,12-18-16)15-4-5-15/h7,9,11,13,15-16,18H,4-6,8,10,12H2,1-3H3. The molecule has 2 nitrogen and oxygen atoms in total. The van der Waals surface area contributed by atoms with Crippen LogP contribution in [0.4, 0.5) is 0 Å². The van der Waals surface area contributed by atoms with Gasteiger partial charge in [-0.15, -0.1) is 0 Å². The highest BCUT2D eigenvalue weighted by atomic mass is 32.1. The summed E-state index contributed by atoms with van der Waals surface area (Å²) in [7, 11) is 0. The quantitative estimate of drug-likeness (QED) is 0.895. The normalized spacial score (nSPS) is 31.9. The van der Waals surface area contributed by atoms with Crippen LogP contribution in [0.25, 0.3) is 0 Å². The Bertz CT molecular complexity index is 424. The van der Waals surface area contributed by atoms with Crippen molar-refractivity contribution in [3.05, 3.63) is 22.4 Å². The molecule has 0 amide bonds. The minimum atomic E-state index is 0.390. The van der Waals surface area contributed by atoms with Gasteiger partial charge in [0, 0.05) is 31.2 Å². The van der Waals surface area contributed by atoms with Gasteiger partial charge in [-0.05, 0) is 60.4 Å². The Hall–Kier alpha value is -0.380. The van der Waals surface area contributed by atoms with Crippen LogP contribution in [0, 0.1) is 11.8 Å². The van der Waals surface area contributed by atoms with Crippen LogP contribution in [-0.2, 0) is 6.42 Å². The molecule has 2 aliphatic rings. The molecule has 1 N–H and O–H groups in total. The van der Waals surface area contributed by atoms with E-state index in [1.807, 2.05) is 11.3 Å². The van der Waals surface area contributed by atoms with Crippen molar-refractivity contribution in [2.24, 2.45) is 11.8 Å². The fourth-order valence-electron chi connectivity index (χ4n) is 3.56. The summed E-state index contributed by atoms with van der Waals surface area (Å²) in [5, 5.41) is 8.31. The molecule has 20 heavy (non-hydrogen) atoms. The zero-order chi connectivity index (χ0) is 14.2. The highest BCUT2D eigenvalue weighted by molar-refractivity contribution is 7.07. The predicted molar refractivity (Wildman–Crippen MR) is 87.4 cm³/mol. The van der Waals surface area contributed by atoms with Gasteiger partial charge in [-0.25, -0.2) is 0 Å². The van der Waals surface area contributed by atoms with E-state index in [-0.39, 0.29) is 0 Å². The fraction of sp³-hybridized carbons (Fsp3) is 0.765. The van der Waals surface area contributed by atoms with Crippen molar-refractivity contribution in [2.45, 2.75) is 51.6 Å². The molecule has 0 radical (unpaired) electrons. The smallest absolute Gasteiger partial charge is 0.0334 e. The van der Waals surface area contributed by atoms with Gasteiger partial charge in [0.15, 0.2) is 0 Å². The van der Waals surface area contributed by atoms with Crippen LogP contribution < -0.4 is 5.32 Å². The van der Waals surface area contributed by atoms with Crippen LogP contribution in [0.15, 0.2) is 16.8 Å². The van der Waals surface area contributed by atoms with Crippen molar-refractivity contribution in [2.75, 3.05) is 19.6 Å². The first-order chi connectivity index (χ1) is 9.59. The zero-order valence-electron chi connectivity index (χ0n) is 13.1. The van der Waals surface area contributed by atoms with Gasteiger partial charge in [-0.2, -0.15) is 11.3 Å². The van der Waals surface area contributed by atoms with E-state index in [0.717, 1.165) is 11.8 Å². The molecule has 1 aromatic rings. The highest BCUT2D eigenvalue weighted by Crippen LogP contribution is 2.44. The van der Waals surface area contributed by atoms with Crippen LogP contribution in [0.3, 0.4) is 0 Å². The molecule has 2 heterocycles. The van der Waals surface area contributed by atoms with E-state index >= 15 is 0 Å². The second-order valence-corrected chi connectivity index (χ2v) is 7.97. The van der Waals surface area contributed by atoms with Crippen LogP contribution >= 0.6 is 11.3 Å². The number of nitrogens with zero attached hydrogens (tertiary/aromatic N) is 1. The summed E-state index contributed by atoms with van der Waals surface area (Å²) >= 11 is 1.82. The van der Waals surface area contributed by atoms with E-state index in [1.54, 1.807) is 0 Å². The monoisotopic (exact) mass is 292 g/mol. The van der Waals surface area contributed by atoms with Crippen molar-refractivity contribution < 1.29 is 0 Å². The van der Waals surface area contributed by atoms with Crippen molar-refractivity contribution >= 4 is 11.3 Å². The van der Waals surface area contributed by atoms with Gasteiger partial charge in [0.2, 0.25) is 0 Å². The number of nitrogens with one attached hydrogen (secondary N) is 1. The van der Waals surface area contributed by atoms with Crippen molar-refractivity contribution in [3.8, 4) is 0 Å². The predicted octanol–water partition coefficient (Wildman–Crippen LogP) is 3.39. The Kier molecular flexibility index (Phi) is 4.21. The number of rotatable bonds is 5. The molecular formula is C17H28N2S. The molecule has 1 saturated carbocycles. The summed E-state index contributed by atoms with van der Waals surface area (Å²) in [6, 6.07) is 2.94. The molecule has 1 aromatic heterocycles. The number of thiophene rings is 1. The first-order valence-electron chi connectivity index (χ1n) is 8.09. The maximum atomic E-state index is 3.81. The minimum Gasteiger partial charge on any atom is -0.311 e. The van der Waals surface area contributed by atoms with Gasteiger partial charge in [0.25, 0.3) is 0 Å². The second-order valence-electron chi connectivity index (χ2n) is 7.19. The van der Waals surface area contributed by atoms with Gasteiger partial charge >= 0.3 is 0 Å². The summed E-state index contributed by atoms with van der Waals surface area (Å²) < 4.78 is 0. The minimum absolute atomic E-state index is 0.390. The third-order valence-corrected chi connectivity index (χ3v) is 6.11. The van der Waals surface area contributed by atoms with Gasteiger partial charge in [0.05, 0.1) is 0 Å². The Morgan fingerprint density at radius 2 is 2.25 bits per heavy atom. The molecule has 2 fully saturated rings. The molecule has 1 saturated heterocycles. The van der Waals surface area contributed by atoms with Gasteiger partial charge in [0.1, 0.15) is 0 Å². The van der Waals surface area contributed by atoms with E-state index < -0.39 is 0 Å². The Morgan fingerprint density at radius 1 is 1.45 bits per heavy atom. The van der Waals surface area contributed by atoms with E-state index in [1.165, 1.54) is 44.5 Å². The lowest BCUT2D eigenvalue weighted by Gasteiger charge is -2.49. The van der Waals surface area contributed by atoms with E-state index in [4.69, 9.17) is 0 Å². The second kappa shape index (κ2) is 5.78. The third kappa shape index (κ3) is 2.95. The molecule has 3 rings (SSSR count). The average molecular weight is 292 g/mol. The summed E-state index contributed by atoms with van der Waals surface area (Å²) in [5.74, 6) is 1.65. The lowest BCUT2D eigenvalue weighted by atomic mass is 9.87. The Labute approximate surface area is 127 Å². The zero-order valence-corrected chi connectivity index (χ0v) is 13.9. The first kappa shape index (κ1) is 14.6. The number of hydrogen-bond acceptors (Lipinski definition) is 3. The van der Waals surface area contributed by atoms with Crippen LogP contribution in [0.2, 0.25) is 0 Å². The Balaban J connectivity index is 1.67. The van der Waals surface area contributed by atoms with Crippen LogP contribution in [-0.4, -0.2) is 36.1 Å². The third-order valence-electron chi connectivity index (χ3n) is 5.37. The lowest BCUT2D eigenvalue weighted by Crippen LogP contribution is -2.65. The molecule has 1 aliphatic carbocycles. The van der Waals surface area contributed by atoms with Gasteiger partial charge in [-0.3, -0.25) is 4.90 Å². The molecule has 2 atom stereocenters. The van der Waals surface area contributed by atoms with Gasteiger partial charge < -0.3 is 5.32 Å². The molecule has 0 bridgehead atoms. The number of piperazine rings is 1. The summed E-state index contributed by atoms with van der Waals surface area (Å²) in [4.78, 5) is 2.80. The fourth-order valence-corrected chi connectivity index (χ4v) is 4.26. The van der Waals surface area contributed by atoms with Crippen LogP contribution in [0.5, 0.6) is 0 Å². The molecule has 3 heteroatoms. The summed E-state index contributed by atoms with van der Waals surface area (Å²) in [6.45, 7) is 10.8. The molecule has 112 valence electrons. The maximum absolute atomic E-state index is 3.81. The van der Waals surface area contributed by atoms with Crippen molar-refractivity contribution in [1.82, 2.24) is 10.2 Å². The molecule has 0 aromatic carbocycles. The maximum Gasteiger partial charge on any atom is 0.0334 e. The SMILES string of the molecule is CC(C)C1CN(CCc2ccsc2)C(C)(C2CC2)CN1. The lowest BCUT2D eigenvalue weighted by molar-refractivity contribution is 0.0265. The van der Waals surface area contributed by atoms with Crippen molar-refractivity contribution in [3.63, 3.8) is 0 Å². The largest absolute Gasteiger partial charge is 0.311 e. The summed E-state index contributed by atoms with van der Waals surface area (Å²) in [6.07, 6.45) is 4.07. The van der Waals surface area contributed by atoms with E-state index in [0.29, 0.717) is 11.6 Å². The average Bonchev–Trinajstić information content (AvgIpc) is 3.16. The van der Waals surface area contributed by atoms with Crippen molar-refractivity contribution in [1.29, 1.82) is 0 Å². The Morgan fingerprint density at radius 3 is 2.85 bits per heavy atom. The van der Waals surface area contributed by atoms with E-state index in [9.17, 15) is 0 Å². The summed E-state index contributed by atoms with van der Waals surface area (Å²) in [5.41, 5.74) is 1.90. The van der Waals surface area contributed by atoms with Crippen LogP contribution in [0.1, 0.15) is 39.2 Å². The van der Waals surface area contributed by atoms with Gasteiger partial charge in [-0.1, -0.05) is 13.8 Å². The molecule has 1 aliphatic heterocycles. The van der Waals surface area contributed by atoms with E-state index in [2.05, 4.69) is 47.8 Å². The molecule has 0 spiro atoms. The number of hydrogen-bond donors (Lipinski definition) is 1.